The lowest BCUT2D eigenvalue weighted by Crippen LogP contribution is -2.32. The topological polar surface area (TPSA) is 46.6 Å². The molecule has 1 aromatic rings. The summed E-state index contributed by atoms with van der Waals surface area (Å²) in [5.41, 5.74) is 0.683. The summed E-state index contributed by atoms with van der Waals surface area (Å²) in [4.78, 5) is 26.8. The summed E-state index contributed by atoms with van der Waals surface area (Å²) in [6.45, 7) is 2.53. The molecule has 110 valence electrons. The van der Waals surface area contributed by atoms with E-state index in [9.17, 15) is 9.59 Å². The van der Waals surface area contributed by atoms with E-state index in [4.69, 9.17) is 4.74 Å². The van der Waals surface area contributed by atoms with Gasteiger partial charge in [-0.2, -0.15) is 0 Å². The molecule has 0 aromatic heterocycles. The smallest absolute Gasteiger partial charge is 0.237 e. The summed E-state index contributed by atoms with van der Waals surface area (Å²) in [5.74, 6) is 1.56. The van der Waals surface area contributed by atoms with Crippen LogP contribution in [0.1, 0.15) is 26.2 Å². The summed E-state index contributed by atoms with van der Waals surface area (Å²) in [7, 11) is 0. The van der Waals surface area contributed by atoms with Gasteiger partial charge in [-0.1, -0.05) is 0 Å². The molecule has 4 rings (SSSR count). The molecule has 3 fully saturated rings. The van der Waals surface area contributed by atoms with Gasteiger partial charge >= 0.3 is 0 Å². The molecule has 1 aromatic carbocycles. The molecule has 2 amide bonds. The minimum absolute atomic E-state index is 0.0151. The van der Waals surface area contributed by atoms with Crippen LogP contribution in [-0.2, 0) is 9.59 Å². The van der Waals surface area contributed by atoms with Gasteiger partial charge in [0.05, 0.1) is 24.1 Å². The molecule has 0 spiro atoms. The van der Waals surface area contributed by atoms with Gasteiger partial charge in [0, 0.05) is 0 Å². The molecule has 21 heavy (non-hydrogen) atoms. The van der Waals surface area contributed by atoms with Gasteiger partial charge in [0.1, 0.15) is 5.75 Å². The van der Waals surface area contributed by atoms with Gasteiger partial charge in [-0.3, -0.25) is 14.5 Å². The monoisotopic (exact) mass is 285 g/mol. The van der Waals surface area contributed by atoms with Crippen molar-refractivity contribution in [3.63, 3.8) is 0 Å². The lowest BCUT2D eigenvalue weighted by molar-refractivity contribution is -0.123. The fourth-order valence-electron chi connectivity index (χ4n) is 4.52. The predicted molar refractivity (Wildman–Crippen MR) is 77.9 cm³/mol. The molecule has 4 heteroatoms. The Bertz CT molecular complexity index is 567. The Balaban J connectivity index is 1.64. The Hall–Kier alpha value is -1.84. The number of anilines is 1. The zero-order valence-electron chi connectivity index (χ0n) is 12.1. The summed E-state index contributed by atoms with van der Waals surface area (Å²) in [6.07, 6.45) is 3.30. The molecular formula is C17H19NO3. The van der Waals surface area contributed by atoms with Crippen molar-refractivity contribution in [2.24, 2.45) is 23.7 Å². The number of nitrogens with zero attached hydrogens (tertiary/aromatic N) is 1. The van der Waals surface area contributed by atoms with Crippen LogP contribution >= 0.6 is 0 Å². The number of hydrogen-bond acceptors (Lipinski definition) is 3. The van der Waals surface area contributed by atoms with Crippen LogP contribution in [0.4, 0.5) is 5.69 Å². The molecule has 1 heterocycles. The molecule has 3 aliphatic rings. The van der Waals surface area contributed by atoms with Crippen LogP contribution in [0, 0.1) is 23.7 Å². The number of imide groups is 1. The quantitative estimate of drug-likeness (QED) is 0.802. The number of benzene rings is 1. The number of amides is 2. The Kier molecular flexibility index (Phi) is 2.81. The van der Waals surface area contributed by atoms with Gasteiger partial charge in [-0.15, -0.1) is 0 Å². The minimum Gasteiger partial charge on any atom is -0.494 e. The molecule has 2 bridgehead atoms. The van der Waals surface area contributed by atoms with Crippen molar-refractivity contribution < 1.29 is 14.3 Å². The van der Waals surface area contributed by atoms with Crippen molar-refractivity contribution in [1.82, 2.24) is 0 Å². The largest absolute Gasteiger partial charge is 0.494 e. The molecule has 2 saturated carbocycles. The molecule has 0 N–H and O–H groups in total. The van der Waals surface area contributed by atoms with E-state index in [2.05, 4.69) is 0 Å². The fraction of sp³-hybridized carbons (Fsp3) is 0.529. The number of fused-ring (bicyclic) bond motifs is 5. The molecular weight excluding hydrogens is 266 g/mol. The molecule has 4 nitrogen and oxygen atoms in total. The molecule has 4 atom stereocenters. The predicted octanol–water partition coefficient (Wildman–Crippen LogP) is 2.62. The minimum atomic E-state index is -0.0529. The van der Waals surface area contributed by atoms with E-state index in [0.29, 0.717) is 24.1 Å². The van der Waals surface area contributed by atoms with Gasteiger partial charge in [0.25, 0.3) is 0 Å². The van der Waals surface area contributed by atoms with Crippen LogP contribution in [0.2, 0.25) is 0 Å². The summed E-state index contributed by atoms with van der Waals surface area (Å²) >= 11 is 0. The van der Waals surface area contributed by atoms with Crippen molar-refractivity contribution in [2.75, 3.05) is 11.5 Å². The van der Waals surface area contributed by atoms with Gasteiger partial charge < -0.3 is 4.74 Å². The zero-order valence-corrected chi connectivity index (χ0v) is 12.1. The van der Waals surface area contributed by atoms with Crippen LogP contribution in [-0.4, -0.2) is 18.4 Å². The molecule has 1 aliphatic heterocycles. The first kappa shape index (κ1) is 12.9. The number of carbonyl (C=O) groups excluding carboxylic acids is 2. The van der Waals surface area contributed by atoms with E-state index in [-0.39, 0.29) is 23.7 Å². The van der Waals surface area contributed by atoms with Gasteiger partial charge in [0.2, 0.25) is 11.8 Å². The van der Waals surface area contributed by atoms with Crippen LogP contribution in [0.15, 0.2) is 24.3 Å². The van der Waals surface area contributed by atoms with E-state index in [0.717, 1.165) is 25.0 Å². The third-order valence-corrected chi connectivity index (χ3v) is 5.33. The van der Waals surface area contributed by atoms with Crippen molar-refractivity contribution >= 4 is 17.5 Å². The Morgan fingerprint density at radius 2 is 1.62 bits per heavy atom. The van der Waals surface area contributed by atoms with Gasteiger partial charge in [0.15, 0.2) is 0 Å². The first-order valence-electron chi connectivity index (χ1n) is 7.81. The summed E-state index contributed by atoms with van der Waals surface area (Å²) in [6, 6.07) is 7.26. The van der Waals surface area contributed by atoms with Gasteiger partial charge in [-0.05, 0) is 62.3 Å². The normalized spacial score (nSPS) is 33.7. The number of ether oxygens (including phenoxy) is 1. The number of rotatable bonds is 3. The highest BCUT2D eigenvalue weighted by atomic mass is 16.5. The third-order valence-electron chi connectivity index (χ3n) is 5.33. The standard InChI is InChI=1S/C17H19NO3/c1-2-21-13-7-5-12(6-8-13)18-16(19)14-10-3-4-11(9-10)15(14)17(18)20/h5-8,10-11,14-15H,2-4,9H2,1H3/t10-,11+,14-,15-/m0/s1. The van der Waals surface area contributed by atoms with E-state index in [1.54, 1.807) is 0 Å². The maximum Gasteiger partial charge on any atom is 0.237 e. The van der Waals surface area contributed by atoms with Gasteiger partial charge in [-0.25, -0.2) is 0 Å². The van der Waals surface area contributed by atoms with Crippen LogP contribution in [0.5, 0.6) is 5.75 Å². The molecule has 0 radical (unpaired) electrons. The SMILES string of the molecule is CCOc1ccc(N2C(=O)[C@H]3[C@@H]4CC[C@@H](C4)[C@@H]3C2=O)cc1. The second kappa shape index (κ2) is 4.58. The lowest BCUT2D eigenvalue weighted by atomic mass is 9.81. The first-order valence-corrected chi connectivity index (χ1v) is 7.81. The maximum atomic E-state index is 12.7. The average Bonchev–Trinajstić information content (AvgIpc) is 3.15. The van der Waals surface area contributed by atoms with Crippen LogP contribution in [0.25, 0.3) is 0 Å². The Morgan fingerprint density at radius 3 is 2.14 bits per heavy atom. The second-order valence-electron chi connectivity index (χ2n) is 6.32. The zero-order chi connectivity index (χ0) is 14.6. The van der Waals surface area contributed by atoms with Crippen molar-refractivity contribution in [2.45, 2.75) is 26.2 Å². The first-order chi connectivity index (χ1) is 10.2. The van der Waals surface area contributed by atoms with E-state index in [1.807, 2.05) is 31.2 Å². The van der Waals surface area contributed by atoms with E-state index >= 15 is 0 Å². The van der Waals surface area contributed by atoms with E-state index in [1.165, 1.54) is 4.90 Å². The maximum absolute atomic E-state index is 12.7. The third kappa shape index (κ3) is 1.74. The number of carbonyl (C=O) groups is 2. The van der Waals surface area contributed by atoms with Crippen LogP contribution < -0.4 is 9.64 Å². The Labute approximate surface area is 124 Å². The summed E-state index contributed by atoms with van der Waals surface area (Å²) < 4.78 is 5.41. The van der Waals surface area contributed by atoms with Crippen molar-refractivity contribution in [3.8, 4) is 5.75 Å². The average molecular weight is 285 g/mol. The number of hydrogen-bond donors (Lipinski definition) is 0. The highest BCUT2D eigenvalue weighted by Crippen LogP contribution is 2.56. The Morgan fingerprint density at radius 1 is 1.05 bits per heavy atom. The molecule has 0 unspecified atom stereocenters. The highest BCUT2D eigenvalue weighted by Gasteiger charge is 2.61. The van der Waals surface area contributed by atoms with E-state index < -0.39 is 0 Å². The molecule has 2 aliphatic carbocycles. The summed E-state index contributed by atoms with van der Waals surface area (Å²) in [5, 5.41) is 0. The highest BCUT2D eigenvalue weighted by molar-refractivity contribution is 6.22. The lowest BCUT2D eigenvalue weighted by Gasteiger charge is -2.19. The second-order valence-corrected chi connectivity index (χ2v) is 6.32. The fourth-order valence-corrected chi connectivity index (χ4v) is 4.52. The van der Waals surface area contributed by atoms with Crippen LogP contribution in [0.3, 0.4) is 0 Å². The van der Waals surface area contributed by atoms with Crippen molar-refractivity contribution in [1.29, 1.82) is 0 Å². The van der Waals surface area contributed by atoms with Crippen molar-refractivity contribution in [3.05, 3.63) is 24.3 Å². The molecule has 1 saturated heterocycles.